The third kappa shape index (κ3) is 3.13. The molecule has 0 aliphatic carbocycles. The Kier molecular flexibility index (Phi) is 4.30. The molecule has 0 radical (unpaired) electrons. The lowest BCUT2D eigenvalue weighted by Crippen LogP contribution is -2.17. The standard InChI is InChI=1S/C19H16ClN3O2S/c1-12-13(2)23-10-14(3-6-18(23)21-12)22-8-7-15(9-19(22)24)25-11-16-4-5-17(20)26-16/h3-10H,11H2,1-2H3. The minimum atomic E-state index is -0.152. The predicted molar refractivity (Wildman–Crippen MR) is 104 cm³/mol. The van der Waals surface area contributed by atoms with Crippen molar-refractivity contribution in [3.8, 4) is 11.4 Å². The molecule has 0 aromatic carbocycles. The van der Waals surface area contributed by atoms with Crippen LogP contribution in [0.1, 0.15) is 16.3 Å². The molecule has 0 saturated heterocycles. The highest BCUT2D eigenvalue weighted by Gasteiger charge is 2.08. The minimum absolute atomic E-state index is 0.152. The van der Waals surface area contributed by atoms with Crippen LogP contribution >= 0.6 is 22.9 Å². The van der Waals surface area contributed by atoms with E-state index in [-0.39, 0.29) is 5.56 Å². The number of aryl methyl sites for hydroxylation is 2. The molecule has 0 aliphatic heterocycles. The second-order valence-electron chi connectivity index (χ2n) is 5.96. The lowest BCUT2D eigenvalue weighted by Gasteiger charge is -2.09. The Morgan fingerprint density at radius 3 is 2.77 bits per heavy atom. The summed E-state index contributed by atoms with van der Waals surface area (Å²) in [5.74, 6) is 0.534. The molecule has 0 fully saturated rings. The Bertz CT molecular complexity index is 1160. The average Bonchev–Trinajstić information content (AvgIpc) is 3.16. The van der Waals surface area contributed by atoms with Gasteiger partial charge in [-0.25, -0.2) is 4.98 Å². The quantitative estimate of drug-likeness (QED) is 0.523. The van der Waals surface area contributed by atoms with Crippen LogP contribution in [0, 0.1) is 13.8 Å². The summed E-state index contributed by atoms with van der Waals surface area (Å²) in [6.07, 6.45) is 3.64. The van der Waals surface area contributed by atoms with Gasteiger partial charge < -0.3 is 9.14 Å². The van der Waals surface area contributed by atoms with Crippen LogP contribution in [0.3, 0.4) is 0 Å². The number of imidazole rings is 1. The van der Waals surface area contributed by atoms with Crippen molar-refractivity contribution in [2.24, 2.45) is 0 Å². The summed E-state index contributed by atoms with van der Waals surface area (Å²) in [6, 6.07) is 10.8. The molecule has 0 spiro atoms. The Balaban J connectivity index is 1.61. The van der Waals surface area contributed by atoms with Crippen LogP contribution in [0.25, 0.3) is 11.3 Å². The lowest BCUT2D eigenvalue weighted by molar-refractivity contribution is 0.309. The summed E-state index contributed by atoms with van der Waals surface area (Å²) in [4.78, 5) is 18.0. The summed E-state index contributed by atoms with van der Waals surface area (Å²) >= 11 is 7.38. The van der Waals surface area contributed by atoms with Crippen LogP contribution < -0.4 is 10.3 Å². The number of pyridine rings is 2. The van der Waals surface area contributed by atoms with Gasteiger partial charge in [0.2, 0.25) is 0 Å². The van der Waals surface area contributed by atoms with Gasteiger partial charge in [0.25, 0.3) is 5.56 Å². The number of hydrogen-bond acceptors (Lipinski definition) is 4. The first-order valence-corrected chi connectivity index (χ1v) is 9.26. The van der Waals surface area contributed by atoms with Crippen molar-refractivity contribution in [2.75, 3.05) is 0 Å². The van der Waals surface area contributed by atoms with Crippen LogP contribution in [0.2, 0.25) is 4.34 Å². The van der Waals surface area contributed by atoms with E-state index >= 15 is 0 Å². The number of nitrogens with zero attached hydrogens (tertiary/aromatic N) is 3. The summed E-state index contributed by atoms with van der Waals surface area (Å²) in [5.41, 5.74) is 3.53. The molecule has 132 valence electrons. The van der Waals surface area contributed by atoms with Crippen LogP contribution in [-0.2, 0) is 6.61 Å². The molecule has 0 N–H and O–H groups in total. The summed E-state index contributed by atoms with van der Waals surface area (Å²) in [6.45, 7) is 4.37. The molecule has 0 atom stereocenters. The van der Waals surface area contributed by atoms with Gasteiger partial charge in [-0.3, -0.25) is 9.36 Å². The van der Waals surface area contributed by atoms with Gasteiger partial charge in [-0.05, 0) is 44.2 Å². The van der Waals surface area contributed by atoms with Crippen molar-refractivity contribution < 1.29 is 4.74 Å². The Hall–Kier alpha value is -2.57. The van der Waals surface area contributed by atoms with E-state index in [1.807, 2.05) is 48.7 Å². The molecule has 0 bridgehead atoms. The van der Waals surface area contributed by atoms with Crippen LogP contribution in [0.15, 0.2) is 53.6 Å². The first-order valence-electron chi connectivity index (χ1n) is 8.07. The van der Waals surface area contributed by atoms with E-state index < -0.39 is 0 Å². The monoisotopic (exact) mass is 385 g/mol. The molecule has 0 unspecified atom stereocenters. The van der Waals surface area contributed by atoms with E-state index in [4.69, 9.17) is 16.3 Å². The van der Waals surface area contributed by atoms with Gasteiger partial charge in [0.05, 0.1) is 15.7 Å². The maximum atomic E-state index is 12.5. The molecule has 0 aliphatic rings. The van der Waals surface area contributed by atoms with Crippen molar-refractivity contribution >= 4 is 28.6 Å². The Morgan fingerprint density at radius 1 is 1.19 bits per heavy atom. The number of fused-ring (bicyclic) bond motifs is 1. The first-order chi connectivity index (χ1) is 12.5. The average molecular weight is 386 g/mol. The van der Waals surface area contributed by atoms with Gasteiger partial charge in [0, 0.05) is 29.0 Å². The summed E-state index contributed by atoms with van der Waals surface area (Å²) < 4.78 is 9.99. The van der Waals surface area contributed by atoms with E-state index in [1.54, 1.807) is 16.8 Å². The van der Waals surface area contributed by atoms with E-state index in [0.29, 0.717) is 12.4 Å². The highest BCUT2D eigenvalue weighted by molar-refractivity contribution is 7.16. The third-order valence-electron chi connectivity index (χ3n) is 4.26. The fraction of sp³-hybridized carbons (Fsp3) is 0.158. The predicted octanol–water partition coefficient (Wildman–Crippen LogP) is 4.40. The zero-order valence-electron chi connectivity index (χ0n) is 14.3. The first kappa shape index (κ1) is 16.9. The number of halogens is 1. The normalized spacial score (nSPS) is 11.2. The van der Waals surface area contributed by atoms with Gasteiger partial charge in [-0.15, -0.1) is 11.3 Å². The van der Waals surface area contributed by atoms with Crippen molar-refractivity contribution in [3.63, 3.8) is 0 Å². The summed E-state index contributed by atoms with van der Waals surface area (Å²) in [7, 11) is 0. The molecule has 0 saturated carbocycles. The second kappa shape index (κ2) is 6.63. The van der Waals surface area contributed by atoms with Crippen LogP contribution in [0.4, 0.5) is 0 Å². The molecule has 0 amide bonds. The number of aromatic nitrogens is 3. The molecular formula is C19H16ClN3O2S. The minimum Gasteiger partial charge on any atom is -0.488 e. The van der Waals surface area contributed by atoms with Crippen molar-refractivity contribution in [2.45, 2.75) is 20.5 Å². The highest BCUT2D eigenvalue weighted by Crippen LogP contribution is 2.23. The SMILES string of the molecule is Cc1nc2ccc(-n3ccc(OCc4ccc(Cl)s4)cc3=O)cn2c1C. The zero-order chi connectivity index (χ0) is 18.3. The smallest absolute Gasteiger partial charge is 0.258 e. The topological polar surface area (TPSA) is 48.5 Å². The maximum Gasteiger partial charge on any atom is 0.258 e. The van der Waals surface area contributed by atoms with E-state index in [1.165, 1.54) is 17.4 Å². The Labute approximate surface area is 159 Å². The highest BCUT2D eigenvalue weighted by atomic mass is 35.5. The lowest BCUT2D eigenvalue weighted by atomic mass is 10.3. The molecule has 26 heavy (non-hydrogen) atoms. The van der Waals surface area contributed by atoms with Crippen molar-refractivity contribution in [1.82, 2.24) is 14.0 Å². The molecule has 4 aromatic heterocycles. The van der Waals surface area contributed by atoms with Crippen LogP contribution in [0.5, 0.6) is 5.75 Å². The van der Waals surface area contributed by atoms with Gasteiger partial charge in [-0.2, -0.15) is 0 Å². The maximum absolute atomic E-state index is 12.5. The Morgan fingerprint density at radius 2 is 2.04 bits per heavy atom. The molecule has 4 heterocycles. The zero-order valence-corrected chi connectivity index (χ0v) is 15.8. The molecule has 7 heteroatoms. The number of rotatable bonds is 4. The van der Waals surface area contributed by atoms with E-state index in [9.17, 15) is 4.79 Å². The largest absolute Gasteiger partial charge is 0.488 e. The van der Waals surface area contributed by atoms with Gasteiger partial charge >= 0.3 is 0 Å². The van der Waals surface area contributed by atoms with E-state index in [2.05, 4.69) is 4.98 Å². The van der Waals surface area contributed by atoms with Crippen molar-refractivity contribution in [3.05, 3.63) is 79.7 Å². The fourth-order valence-electron chi connectivity index (χ4n) is 2.76. The summed E-state index contributed by atoms with van der Waals surface area (Å²) in [5, 5.41) is 0. The number of ether oxygens (including phenoxy) is 1. The van der Waals surface area contributed by atoms with Gasteiger partial charge in [0.15, 0.2) is 0 Å². The fourth-order valence-corrected chi connectivity index (χ4v) is 3.76. The molecule has 4 rings (SSSR count). The third-order valence-corrected chi connectivity index (χ3v) is 5.46. The molecule has 5 nitrogen and oxygen atoms in total. The number of hydrogen-bond donors (Lipinski definition) is 0. The molecular weight excluding hydrogens is 370 g/mol. The van der Waals surface area contributed by atoms with Gasteiger partial charge in [-0.1, -0.05) is 11.6 Å². The van der Waals surface area contributed by atoms with Gasteiger partial charge in [0.1, 0.15) is 18.0 Å². The second-order valence-corrected chi connectivity index (χ2v) is 7.76. The van der Waals surface area contributed by atoms with E-state index in [0.717, 1.165) is 31.9 Å². The van der Waals surface area contributed by atoms with Crippen LogP contribution in [-0.4, -0.2) is 14.0 Å². The number of thiophene rings is 1. The molecule has 4 aromatic rings. The van der Waals surface area contributed by atoms with Crippen molar-refractivity contribution in [1.29, 1.82) is 0 Å².